The maximum atomic E-state index is 12.1. The van der Waals surface area contributed by atoms with E-state index in [-0.39, 0.29) is 5.91 Å². The monoisotopic (exact) mass is 366 g/mol. The third-order valence-electron chi connectivity index (χ3n) is 5.10. The van der Waals surface area contributed by atoms with Crippen LogP contribution in [0.4, 0.5) is 0 Å². The number of piperidine rings is 1. The van der Waals surface area contributed by atoms with E-state index in [1.165, 1.54) is 18.4 Å². The summed E-state index contributed by atoms with van der Waals surface area (Å²) in [5, 5.41) is 6.42. The quantitative estimate of drug-likeness (QED) is 0.710. The van der Waals surface area contributed by atoms with E-state index in [4.69, 9.17) is 4.74 Å². The number of rotatable bonds is 9. The molecule has 0 aromatic heterocycles. The van der Waals surface area contributed by atoms with Crippen LogP contribution >= 0.6 is 0 Å². The minimum absolute atomic E-state index is 0.152. The fourth-order valence-electron chi connectivity index (χ4n) is 3.49. The zero-order valence-corrected chi connectivity index (χ0v) is 16.0. The fraction of sp³-hybridized carbons (Fsp3) is 0.435. The average Bonchev–Trinajstić information content (AvgIpc) is 2.73. The summed E-state index contributed by atoms with van der Waals surface area (Å²) in [6, 6.07) is 18.4. The molecule has 1 amide bonds. The predicted octanol–water partition coefficient (Wildman–Crippen LogP) is 3.80. The number of hydrogen-bond donors (Lipinski definition) is 2. The van der Waals surface area contributed by atoms with E-state index in [0.29, 0.717) is 32.1 Å². The second-order valence-corrected chi connectivity index (χ2v) is 7.31. The largest absolute Gasteiger partial charge is 0.372 e. The summed E-state index contributed by atoms with van der Waals surface area (Å²) in [5.74, 6) is 0.848. The predicted molar refractivity (Wildman–Crippen MR) is 108 cm³/mol. The van der Waals surface area contributed by atoms with Crippen LogP contribution < -0.4 is 10.6 Å². The van der Waals surface area contributed by atoms with E-state index in [9.17, 15) is 4.79 Å². The van der Waals surface area contributed by atoms with E-state index < -0.39 is 0 Å². The Morgan fingerprint density at radius 2 is 1.67 bits per heavy atom. The molecule has 2 aromatic rings. The normalized spacial score (nSPS) is 14.8. The van der Waals surface area contributed by atoms with Gasteiger partial charge in [-0.3, -0.25) is 4.79 Å². The van der Waals surface area contributed by atoms with Gasteiger partial charge in [-0.2, -0.15) is 0 Å². The highest BCUT2D eigenvalue weighted by Crippen LogP contribution is 2.17. The summed E-state index contributed by atoms with van der Waals surface area (Å²) in [5.41, 5.74) is 3.42. The molecule has 2 aromatic carbocycles. The summed E-state index contributed by atoms with van der Waals surface area (Å²) in [6.45, 7) is 3.94. The molecule has 1 saturated heterocycles. The molecule has 1 heterocycles. The van der Waals surface area contributed by atoms with Gasteiger partial charge in [0.25, 0.3) is 0 Å². The average molecular weight is 367 g/mol. The lowest BCUT2D eigenvalue weighted by Crippen LogP contribution is -2.29. The molecule has 0 aliphatic carbocycles. The minimum Gasteiger partial charge on any atom is -0.372 e. The van der Waals surface area contributed by atoms with E-state index in [1.807, 2.05) is 30.3 Å². The molecular weight excluding hydrogens is 336 g/mol. The Labute approximate surface area is 162 Å². The third kappa shape index (κ3) is 7.16. The van der Waals surface area contributed by atoms with Gasteiger partial charge in [0.15, 0.2) is 0 Å². The van der Waals surface area contributed by atoms with Crippen molar-refractivity contribution in [2.45, 2.75) is 45.4 Å². The van der Waals surface area contributed by atoms with Crippen LogP contribution in [-0.2, 0) is 29.3 Å². The first-order chi connectivity index (χ1) is 13.3. The van der Waals surface area contributed by atoms with Crippen LogP contribution in [0.25, 0.3) is 0 Å². The molecule has 0 radical (unpaired) electrons. The Balaban J connectivity index is 1.37. The van der Waals surface area contributed by atoms with Crippen LogP contribution in [0.15, 0.2) is 54.6 Å². The van der Waals surface area contributed by atoms with E-state index in [0.717, 1.165) is 30.6 Å². The smallest absolute Gasteiger partial charge is 0.220 e. The summed E-state index contributed by atoms with van der Waals surface area (Å²) >= 11 is 0. The number of nitrogens with one attached hydrogen (secondary N) is 2. The minimum atomic E-state index is 0.152. The van der Waals surface area contributed by atoms with E-state index in [2.05, 4.69) is 34.9 Å². The Kier molecular flexibility index (Phi) is 7.87. The number of ether oxygens (including phenoxy) is 1. The summed E-state index contributed by atoms with van der Waals surface area (Å²) in [6.07, 6.45) is 4.02. The van der Waals surface area contributed by atoms with Gasteiger partial charge in [0, 0.05) is 13.0 Å². The molecule has 3 rings (SSSR count). The lowest BCUT2D eigenvalue weighted by atomic mass is 9.93. The molecule has 4 heteroatoms. The van der Waals surface area contributed by atoms with Crippen molar-refractivity contribution in [3.8, 4) is 0 Å². The standard InChI is InChI=1S/C23H30N2O2/c26-23(10-9-19-11-13-24-14-12-19)25-16-21-7-4-8-22(15-21)18-27-17-20-5-2-1-3-6-20/h1-8,15,19,24H,9-14,16-18H2,(H,25,26). The van der Waals surface area contributed by atoms with Crippen molar-refractivity contribution in [1.29, 1.82) is 0 Å². The Morgan fingerprint density at radius 3 is 2.48 bits per heavy atom. The maximum Gasteiger partial charge on any atom is 0.220 e. The van der Waals surface area contributed by atoms with Gasteiger partial charge in [-0.05, 0) is 55.0 Å². The Hall–Kier alpha value is -2.17. The number of hydrogen-bond acceptors (Lipinski definition) is 3. The zero-order valence-electron chi connectivity index (χ0n) is 16.0. The fourth-order valence-corrected chi connectivity index (χ4v) is 3.49. The number of amides is 1. The second kappa shape index (κ2) is 10.9. The lowest BCUT2D eigenvalue weighted by molar-refractivity contribution is -0.121. The first-order valence-corrected chi connectivity index (χ1v) is 9.96. The molecule has 2 N–H and O–H groups in total. The lowest BCUT2D eigenvalue weighted by Gasteiger charge is -2.22. The van der Waals surface area contributed by atoms with Crippen molar-refractivity contribution in [2.75, 3.05) is 13.1 Å². The molecule has 0 atom stereocenters. The van der Waals surface area contributed by atoms with Gasteiger partial charge in [-0.1, -0.05) is 54.6 Å². The summed E-state index contributed by atoms with van der Waals surface area (Å²) in [7, 11) is 0. The van der Waals surface area contributed by atoms with Crippen molar-refractivity contribution in [3.05, 3.63) is 71.3 Å². The van der Waals surface area contributed by atoms with Gasteiger partial charge >= 0.3 is 0 Å². The molecule has 1 aliphatic heterocycles. The first kappa shape index (κ1) is 19.6. The highest BCUT2D eigenvalue weighted by molar-refractivity contribution is 5.75. The highest BCUT2D eigenvalue weighted by Gasteiger charge is 2.14. The van der Waals surface area contributed by atoms with Crippen molar-refractivity contribution in [2.24, 2.45) is 5.92 Å². The van der Waals surface area contributed by atoms with Gasteiger partial charge in [0.05, 0.1) is 13.2 Å². The zero-order chi connectivity index (χ0) is 18.7. The van der Waals surface area contributed by atoms with E-state index in [1.54, 1.807) is 0 Å². The molecule has 1 fully saturated rings. The second-order valence-electron chi connectivity index (χ2n) is 7.31. The maximum absolute atomic E-state index is 12.1. The molecule has 0 bridgehead atoms. The van der Waals surface area contributed by atoms with Gasteiger partial charge < -0.3 is 15.4 Å². The molecule has 4 nitrogen and oxygen atoms in total. The van der Waals surface area contributed by atoms with Crippen LogP contribution in [0.3, 0.4) is 0 Å². The van der Waals surface area contributed by atoms with Crippen LogP contribution in [0.5, 0.6) is 0 Å². The molecule has 0 saturated carbocycles. The molecule has 0 spiro atoms. The van der Waals surface area contributed by atoms with E-state index >= 15 is 0 Å². The number of carbonyl (C=O) groups excluding carboxylic acids is 1. The molecule has 0 unspecified atom stereocenters. The van der Waals surface area contributed by atoms with Gasteiger partial charge in [-0.15, -0.1) is 0 Å². The first-order valence-electron chi connectivity index (χ1n) is 9.96. The van der Waals surface area contributed by atoms with Crippen molar-refractivity contribution in [1.82, 2.24) is 10.6 Å². The number of carbonyl (C=O) groups is 1. The van der Waals surface area contributed by atoms with Crippen LogP contribution in [0, 0.1) is 5.92 Å². The molecule has 27 heavy (non-hydrogen) atoms. The third-order valence-corrected chi connectivity index (χ3v) is 5.10. The van der Waals surface area contributed by atoms with Crippen molar-refractivity contribution in [3.63, 3.8) is 0 Å². The van der Waals surface area contributed by atoms with Crippen LogP contribution in [0.2, 0.25) is 0 Å². The topological polar surface area (TPSA) is 50.4 Å². The van der Waals surface area contributed by atoms with Crippen LogP contribution in [-0.4, -0.2) is 19.0 Å². The SMILES string of the molecule is O=C(CCC1CCNCC1)NCc1cccc(COCc2ccccc2)c1. The molecule has 1 aliphatic rings. The van der Waals surface area contributed by atoms with Gasteiger partial charge in [0.2, 0.25) is 5.91 Å². The summed E-state index contributed by atoms with van der Waals surface area (Å²) < 4.78 is 5.80. The van der Waals surface area contributed by atoms with Gasteiger partial charge in [0.1, 0.15) is 0 Å². The molecular formula is C23H30N2O2. The van der Waals surface area contributed by atoms with Crippen molar-refractivity contribution < 1.29 is 9.53 Å². The summed E-state index contributed by atoms with van der Waals surface area (Å²) in [4.78, 5) is 12.1. The molecule has 144 valence electrons. The van der Waals surface area contributed by atoms with Gasteiger partial charge in [-0.25, -0.2) is 0 Å². The number of benzene rings is 2. The Bertz CT molecular complexity index is 697. The highest BCUT2D eigenvalue weighted by atomic mass is 16.5. The van der Waals surface area contributed by atoms with Crippen LogP contribution in [0.1, 0.15) is 42.4 Å². The Morgan fingerprint density at radius 1 is 0.963 bits per heavy atom. The van der Waals surface area contributed by atoms with Crippen molar-refractivity contribution >= 4 is 5.91 Å².